The molecule has 1 heterocycles. The van der Waals surface area contributed by atoms with Crippen LogP contribution >= 0.6 is 0 Å². The van der Waals surface area contributed by atoms with E-state index < -0.39 is 20.0 Å². The summed E-state index contributed by atoms with van der Waals surface area (Å²) in [5.41, 5.74) is 0.969. The van der Waals surface area contributed by atoms with Crippen molar-refractivity contribution in [2.45, 2.75) is 24.8 Å². The van der Waals surface area contributed by atoms with Gasteiger partial charge in [0, 0.05) is 12.6 Å². The Morgan fingerprint density at radius 1 is 1.10 bits per heavy atom. The smallest absolute Gasteiger partial charge is 0.212 e. The molecule has 1 atom stereocenters. The topological polar surface area (TPSA) is 74.8 Å². The van der Waals surface area contributed by atoms with Gasteiger partial charge in [0.2, 0.25) is 20.0 Å². The third-order valence-electron chi connectivity index (χ3n) is 3.34. The number of sulfonamides is 2. The molecule has 0 radical (unpaired) electrons. The van der Waals surface area contributed by atoms with Gasteiger partial charge in [-0.3, -0.25) is 0 Å². The zero-order valence-electron chi connectivity index (χ0n) is 11.6. The van der Waals surface area contributed by atoms with Crippen LogP contribution in [0.2, 0.25) is 0 Å². The minimum Gasteiger partial charge on any atom is -0.212 e. The predicted molar refractivity (Wildman–Crippen MR) is 76.1 cm³/mol. The molecule has 20 heavy (non-hydrogen) atoms. The lowest BCUT2D eigenvalue weighted by Gasteiger charge is -2.17. The van der Waals surface area contributed by atoms with E-state index in [2.05, 4.69) is 0 Å². The molecule has 0 amide bonds. The van der Waals surface area contributed by atoms with E-state index in [0.717, 1.165) is 11.8 Å². The van der Waals surface area contributed by atoms with Gasteiger partial charge in [0.1, 0.15) is 0 Å². The number of hydrogen-bond donors (Lipinski definition) is 0. The minimum absolute atomic E-state index is 0.129. The molecule has 0 bridgehead atoms. The molecule has 112 valence electrons. The van der Waals surface area contributed by atoms with Crippen LogP contribution in [-0.2, 0) is 20.0 Å². The van der Waals surface area contributed by atoms with Gasteiger partial charge in [-0.15, -0.1) is 0 Å². The summed E-state index contributed by atoms with van der Waals surface area (Å²) in [6.45, 7) is 3.62. The lowest BCUT2D eigenvalue weighted by Crippen LogP contribution is -2.35. The molecule has 0 saturated carbocycles. The standard InChI is InChI=1S/C12H18N2O4S2/c1-10-4-6-12(7-5-10)20(17,18)13-8-11(2)14(9-13)19(3,15)16/h4-7,11H,8-9H2,1-3H3/t11-/m1/s1. The molecule has 0 unspecified atom stereocenters. The molecule has 1 saturated heterocycles. The second-order valence-corrected chi connectivity index (χ2v) is 8.97. The maximum atomic E-state index is 12.5. The number of benzene rings is 1. The number of nitrogens with zero attached hydrogens (tertiary/aromatic N) is 2. The molecule has 2 rings (SSSR count). The third kappa shape index (κ3) is 2.88. The molecule has 0 aliphatic carbocycles. The van der Waals surface area contributed by atoms with E-state index in [0.29, 0.717) is 0 Å². The average Bonchev–Trinajstić information content (AvgIpc) is 2.72. The normalized spacial score (nSPS) is 22.2. The zero-order chi connectivity index (χ0) is 15.1. The van der Waals surface area contributed by atoms with Gasteiger partial charge in [-0.1, -0.05) is 17.7 Å². The van der Waals surface area contributed by atoms with Crippen LogP contribution in [0.1, 0.15) is 12.5 Å². The van der Waals surface area contributed by atoms with Crippen molar-refractivity contribution >= 4 is 20.0 Å². The molecule has 6 nitrogen and oxygen atoms in total. The van der Waals surface area contributed by atoms with E-state index in [1.807, 2.05) is 6.92 Å². The Bertz CT molecular complexity index is 695. The van der Waals surface area contributed by atoms with Crippen LogP contribution in [0.25, 0.3) is 0 Å². The summed E-state index contributed by atoms with van der Waals surface area (Å²) >= 11 is 0. The molecular formula is C12H18N2O4S2. The van der Waals surface area contributed by atoms with Gasteiger partial charge in [-0.05, 0) is 26.0 Å². The Hall–Kier alpha value is -0.960. The Morgan fingerprint density at radius 3 is 2.10 bits per heavy atom. The molecule has 8 heteroatoms. The molecule has 0 N–H and O–H groups in total. The van der Waals surface area contributed by atoms with Crippen molar-refractivity contribution in [1.82, 2.24) is 8.61 Å². The molecular weight excluding hydrogens is 300 g/mol. The van der Waals surface area contributed by atoms with Gasteiger partial charge < -0.3 is 0 Å². The lowest BCUT2D eigenvalue weighted by atomic mass is 10.2. The molecule has 1 aliphatic heterocycles. The highest BCUT2D eigenvalue weighted by Crippen LogP contribution is 2.24. The average molecular weight is 318 g/mol. The van der Waals surface area contributed by atoms with Gasteiger partial charge in [0.05, 0.1) is 17.8 Å². The Kier molecular flexibility index (Phi) is 3.94. The van der Waals surface area contributed by atoms with E-state index in [-0.39, 0.29) is 24.2 Å². The first-order valence-electron chi connectivity index (χ1n) is 6.16. The van der Waals surface area contributed by atoms with Crippen LogP contribution in [0.3, 0.4) is 0 Å². The number of hydrogen-bond acceptors (Lipinski definition) is 4. The van der Waals surface area contributed by atoms with Gasteiger partial charge in [0.25, 0.3) is 0 Å². The first kappa shape index (κ1) is 15.4. The largest absolute Gasteiger partial charge is 0.244 e. The third-order valence-corrected chi connectivity index (χ3v) is 6.48. The van der Waals surface area contributed by atoms with Crippen LogP contribution in [0, 0.1) is 6.92 Å². The van der Waals surface area contributed by atoms with Crippen LogP contribution in [0.5, 0.6) is 0 Å². The summed E-state index contributed by atoms with van der Waals surface area (Å²) in [6, 6.07) is 6.17. The van der Waals surface area contributed by atoms with E-state index in [1.54, 1.807) is 31.2 Å². The Balaban J connectivity index is 2.31. The lowest BCUT2D eigenvalue weighted by molar-refractivity contribution is 0.393. The van der Waals surface area contributed by atoms with Crippen LogP contribution in [0.4, 0.5) is 0 Å². The van der Waals surface area contributed by atoms with Gasteiger partial charge in [-0.25, -0.2) is 16.8 Å². The Labute approximate surface area is 120 Å². The van der Waals surface area contributed by atoms with Crippen molar-refractivity contribution in [2.75, 3.05) is 19.5 Å². The van der Waals surface area contributed by atoms with Gasteiger partial charge in [-0.2, -0.15) is 8.61 Å². The van der Waals surface area contributed by atoms with E-state index in [4.69, 9.17) is 0 Å². The highest BCUT2D eigenvalue weighted by atomic mass is 32.2. The zero-order valence-corrected chi connectivity index (χ0v) is 13.3. The fraction of sp³-hybridized carbons (Fsp3) is 0.500. The quantitative estimate of drug-likeness (QED) is 0.818. The second kappa shape index (κ2) is 5.10. The fourth-order valence-corrected chi connectivity index (χ4v) is 4.81. The van der Waals surface area contributed by atoms with Gasteiger partial charge >= 0.3 is 0 Å². The van der Waals surface area contributed by atoms with Crippen molar-refractivity contribution in [3.63, 3.8) is 0 Å². The van der Waals surface area contributed by atoms with E-state index in [9.17, 15) is 16.8 Å². The molecule has 1 aromatic carbocycles. The van der Waals surface area contributed by atoms with Crippen LogP contribution < -0.4 is 0 Å². The fourth-order valence-electron chi connectivity index (χ4n) is 2.20. The Morgan fingerprint density at radius 2 is 1.65 bits per heavy atom. The molecule has 1 aromatic rings. The molecule has 1 aliphatic rings. The summed E-state index contributed by atoms with van der Waals surface area (Å²) in [7, 11) is -7.06. The van der Waals surface area contributed by atoms with Crippen molar-refractivity contribution < 1.29 is 16.8 Å². The summed E-state index contributed by atoms with van der Waals surface area (Å²) in [5, 5.41) is 0. The van der Waals surface area contributed by atoms with E-state index in [1.165, 1.54) is 8.61 Å². The number of rotatable bonds is 3. The molecule has 0 aromatic heterocycles. The van der Waals surface area contributed by atoms with Crippen LogP contribution in [0.15, 0.2) is 29.2 Å². The summed E-state index contributed by atoms with van der Waals surface area (Å²) in [5.74, 6) is 0. The maximum absolute atomic E-state index is 12.5. The highest BCUT2D eigenvalue weighted by molar-refractivity contribution is 7.89. The summed E-state index contributed by atoms with van der Waals surface area (Å²) < 4.78 is 50.5. The highest BCUT2D eigenvalue weighted by Gasteiger charge is 2.39. The minimum atomic E-state index is -3.65. The molecule has 1 fully saturated rings. The van der Waals surface area contributed by atoms with Crippen LogP contribution in [-0.4, -0.2) is 51.0 Å². The SMILES string of the molecule is Cc1ccc(S(=O)(=O)N2C[C@@H](C)N(S(C)(=O)=O)C2)cc1. The second-order valence-electron chi connectivity index (χ2n) is 5.09. The number of aryl methyl sites for hydroxylation is 1. The summed E-state index contributed by atoms with van der Waals surface area (Å²) in [6.07, 6.45) is 1.09. The van der Waals surface area contributed by atoms with E-state index >= 15 is 0 Å². The van der Waals surface area contributed by atoms with Crippen molar-refractivity contribution in [3.8, 4) is 0 Å². The van der Waals surface area contributed by atoms with Crippen molar-refractivity contribution in [3.05, 3.63) is 29.8 Å². The predicted octanol–water partition coefficient (Wildman–Crippen LogP) is 0.607. The monoisotopic (exact) mass is 318 g/mol. The molecule has 0 spiro atoms. The maximum Gasteiger partial charge on any atom is 0.244 e. The van der Waals surface area contributed by atoms with Gasteiger partial charge in [0.15, 0.2) is 0 Å². The first-order chi connectivity index (χ1) is 9.12. The summed E-state index contributed by atoms with van der Waals surface area (Å²) in [4.78, 5) is 0.186. The first-order valence-corrected chi connectivity index (χ1v) is 9.45. The van der Waals surface area contributed by atoms with Crippen molar-refractivity contribution in [1.29, 1.82) is 0 Å². The van der Waals surface area contributed by atoms with Crippen molar-refractivity contribution in [2.24, 2.45) is 0 Å².